The lowest BCUT2D eigenvalue weighted by Crippen LogP contribution is -2.22. The van der Waals surface area contributed by atoms with E-state index in [0.717, 1.165) is 22.9 Å². The summed E-state index contributed by atoms with van der Waals surface area (Å²) in [6, 6.07) is 20.2. The molecule has 3 aromatic carbocycles. The number of ether oxygens (including phenoxy) is 1. The Kier molecular flexibility index (Phi) is 7.96. The highest BCUT2D eigenvalue weighted by atomic mass is 79.9. The SMILES string of the molecule is CCCCc1nc2ccc(Br)cc2c(=O)n1N=Cc1ccc(OCc2ccccc2C#N)c(Cl)c1. The van der Waals surface area contributed by atoms with Crippen molar-refractivity contribution in [3.05, 3.63) is 103 Å². The standard InChI is InChI=1S/C27H22BrClN4O2/c1-2-3-8-26-32-24-11-10-21(28)14-22(24)27(34)33(26)31-16-18-9-12-25(23(29)13-18)35-17-20-7-5-4-6-19(20)15-30/h4-7,9-14,16H,2-3,8,17H2,1H3. The predicted molar refractivity (Wildman–Crippen MR) is 142 cm³/mol. The first-order chi connectivity index (χ1) is 17.0. The van der Waals surface area contributed by atoms with E-state index in [4.69, 9.17) is 16.3 Å². The van der Waals surface area contributed by atoms with E-state index in [1.807, 2.05) is 36.4 Å². The van der Waals surface area contributed by atoms with Crippen LogP contribution in [0.25, 0.3) is 10.9 Å². The number of halogens is 2. The van der Waals surface area contributed by atoms with Gasteiger partial charge in [0.2, 0.25) is 0 Å². The number of fused-ring (bicyclic) bond motifs is 1. The van der Waals surface area contributed by atoms with E-state index in [2.05, 4.69) is 39.0 Å². The molecule has 0 saturated carbocycles. The zero-order chi connectivity index (χ0) is 24.8. The highest BCUT2D eigenvalue weighted by Gasteiger charge is 2.11. The molecule has 0 atom stereocenters. The Hall–Kier alpha value is -3.47. The average Bonchev–Trinajstić information content (AvgIpc) is 2.87. The Labute approximate surface area is 216 Å². The van der Waals surface area contributed by atoms with Crippen molar-refractivity contribution >= 4 is 44.6 Å². The fraction of sp³-hybridized carbons (Fsp3) is 0.185. The summed E-state index contributed by atoms with van der Waals surface area (Å²) < 4.78 is 8.00. The first-order valence-electron chi connectivity index (χ1n) is 11.2. The van der Waals surface area contributed by atoms with Gasteiger partial charge in [0.05, 0.1) is 33.8 Å². The van der Waals surface area contributed by atoms with E-state index < -0.39 is 0 Å². The molecule has 0 unspecified atom stereocenters. The second-order valence-corrected chi connectivity index (χ2v) is 9.22. The van der Waals surface area contributed by atoms with Crippen molar-refractivity contribution in [2.45, 2.75) is 32.8 Å². The summed E-state index contributed by atoms with van der Waals surface area (Å²) in [5, 5.41) is 14.6. The van der Waals surface area contributed by atoms with E-state index >= 15 is 0 Å². The first kappa shape index (κ1) is 24.6. The lowest BCUT2D eigenvalue weighted by molar-refractivity contribution is 0.306. The number of aromatic nitrogens is 2. The summed E-state index contributed by atoms with van der Waals surface area (Å²) in [5.74, 6) is 1.11. The number of hydrogen-bond donors (Lipinski definition) is 0. The van der Waals surface area contributed by atoms with Crippen LogP contribution >= 0.6 is 27.5 Å². The minimum Gasteiger partial charge on any atom is -0.487 e. The molecule has 0 aliphatic rings. The molecular weight excluding hydrogens is 528 g/mol. The van der Waals surface area contributed by atoms with Gasteiger partial charge >= 0.3 is 0 Å². The molecule has 0 radical (unpaired) electrons. The molecule has 176 valence electrons. The lowest BCUT2D eigenvalue weighted by Gasteiger charge is -2.10. The molecule has 0 saturated heterocycles. The Morgan fingerprint density at radius 3 is 2.80 bits per heavy atom. The molecule has 0 aliphatic heterocycles. The Morgan fingerprint density at radius 2 is 2.03 bits per heavy atom. The smallest absolute Gasteiger partial charge is 0.282 e. The largest absolute Gasteiger partial charge is 0.487 e. The molecule has 8 heteroatoms. The minimum atomic E-state index is -0.221. The summed E-state index contributed by atoms with van der Waals surface area (Å²) in [6.07, 6.45) is 4.11. The molecule has 6 nitrogen and oxygen atoms in total. The second-order valence-electron chi connectivity index (χ2n) is 7.90. The van der Waals surface area contributed by atoms with Crippen molar-refractivity contribution in [3.8, 4) is 11.8 Å². The van der Waals surface area contributed by atoms with Crippen LogP contribution in [-0.2, 0) is 13.0 Å². The maximum Gasteiger partial charge on any atom is 0.282 e. The molecule has 0 amide bonds. The Balaban J connectivity index is 1.60. The van der Waals surface area contributed by atoms with Crippen LogP contribution in [-0.4, -0.2) is 15.9 Å². The Morgan fingerprint density at radius 1 is 1.20 bits per heavy atom. The zero-order valence-electron chi connectivity index (χ0n) is 19.0. The normalized spacial score (nSPS) is 11.1. The van der Waals surface area contributed by atoms with Crippen LogP contribution in [0.5, 0.6) is 5.75 Å². The van der Waals surface area contributed by atoms with Crippen LogP contribution in [0.2, 0.25) is 5.02 Å². The number of nitriles is 1. The maximum absolute atomic E-state index is 13.2. The van der Waals surface area contributed by atoms with Crippen LogP contribution in [0.1, 0.15) is 42.3 Å². The third kappa shape index (κ3) is 5.79. The lowest BCUT2D eigenvalue weighted by atomic mass is 10.1. The highest BCUT2D eigenvalue weighted by Crippen LogP contribution is 2.26. The van der Waals surface area contributed by atoms with Crippen molar-refractivity contribution in [2.75, 3.05) is 0 Å². The van der Waals surface area contributed by atoms with Crippen LogP contribution in [0.15, 0.2) is 75.0 Å². The fourth-order valence-corrected chi connectivity index (χ4v) is 4.16. The summed E-state index contributed by atoms with van der Waals surface area (Å²) >= 11 is 9.86. The molecule has 0 N–H and O–H groups in total. The van der Waals surface area contributed by atoms with Gasteiger partial charge < -0.3 is 4.74 Å². The molecule has 1 heterocycles. The molecule has 0 bridgehead atoms. The number of unbranched alkanes of at least 4 members (excludes halogenated alkanes) is 1. The van der Waals surface area contributed by atoms with E-state index in [-0.39, 0.29) is 12.2 Å². The van der Waals surface area contributed by atoms with E-state index in [1.165, 1.54) is 4.68 Å². The third-order valence-corrected chi connectivity index (χ3v) is 6.22. The summed E-state index contributed by atoms with van der Waals surface area (Å²) in [5.41, 5.74) is 2.49. The average molecular weight is 550 g/mol. The zero-order valence-corrected chi connectivity index (χ0v) is 21.4. The van der Waals surface area contributed by atoms with Crippen LogP contribution in [0.3, 0.4) is 0 Å². The van der Waals surface area contributed by atoms with Gasteiger partial charge in [0, 0.05) is 16.5 Å². The summed E-state index contributed by atoms with van der Waals surface area (Å²) in [7, 11) is 0. The van der Waals surface area contributed by atoms with Crippen molar-refractivity contribution in [1.29, 1.82) is 5.26 Å². The van der Waals surface area contributed by atoms with Crippen molar-refractivity contribution < 1.29 is 4.74 Å². The van der Waals surface area contributed by atoms with E-state index in [1.54, 1.807) is 30.5 Å². The Bertz CT molecular complexity index is 1510. The molecule has 35 heavy (non-hydrogen) atoms. The van der Waals surface area contributed by atoms with Gasteiger partial charge in [-0.3, -0.25) is 4.79 Å². The van der Waals surface area contributed by atoms with Gasteiger partial charge in [-0.1, -0.05) is 59.1 Å². The first-order valence-corrected chi connectivity index (χ1v) is 12.3. The van der Waals surface area contributed by atoms with E-state index in [9.17, 15) is 10.1 Å². The van der Waals surface area contributed by atoms with Crippen LogP contribution < -0.4 is 10.3 Å². The highest BCUT2D eigenvalue weighted by molar-refractivity contribution is 9.10. The van der Waals surface area contributed by atoms with Gasteiger partial charge in [-0.2, -0.15) is 15.0 Å². The summed E-state index contributed by atoms with van der Waals surface area (Å²) in [6.45, 7) is 2.32. The van der Waals surface area contributed by atoms with Gasteiger partial charge in [0.1, 0.15) is 18.2 Å². The predicted octanol–water partition coefficient (Wildman–Crippen LogP) is 6.49. The van der Waals surface area contributed by atoms with Crippen LogP contribution in [0, 0.1) is 11.3 Å². The number of benzene rings is 3. The van der Waals surface area contributed by atoms with Gasteiger partial charge in [-0.25, -0.2) is 4.98 Å². The number of rotatable bonds is 8. The quantitative estimate of drug-likeness (QED) is 0.235. The monoisotopic (exact) mass is 548 g/mol. The van der Waals surface area contributed by atoms with Crippen molar-refractivity contribution in [1.82, 2.24) is 9.66 Å². The van der Waals surface area contributed by atoms with Crippen molar-refractivity contribution in [2.24, 2.45) is 5.10 Å². The van der Waals surface area contributed by atoms with E-state index in [0.29, 0.717) is 45.0 Å². The molecule has 0 aliphatic carbocycles. The molecule has 4 rings (SSSR count). The van der Waals surface area contributed by atoms with Crippen molar-refractivity contribution in [3.63, 3.8) is 0 Å². The van der Waals surface area contributed by atoms with Gasteiger partial charge in [-0.15, -0.1) is 0 Å². The molecule has 4 aromatic rings. The van der Waals surface area contributed by atoms with Gasteiger partial charge in [0.25, 0.3) is 5.56 Å². The number of hydrogen-bond acceptors (Lipinski definition) is 5. The summed E-state index contributed by atoms with van der Waals surface area (Å²) in [4.78, 5) is 17.9. The fourth-order valence-electron chi connectivity index (χ4n) is 3.56. The number of nitrogens with zero attached hydrogens (tertiary/aromatic N) is 4. The molecular formula is C27H22BrClN4O2. The van der Waals surface area contributed by atoms with Gasteiger partial charge in [0.15, 0.2) is 0 Å². The third-order valence-electron chi connectivity index (χ3n) is 5.43. The number of aryl methyl sites for hydroxylation is 1. The van der Waals surface area contributed by atoms with Gasteiger partial charge in [-0.05, 0) is 54.4 Å². The van der Waals surface area contributed by atoms with Crippen LogP contribution in [0.4, 0.5) is 0 Å². The topological polar surface area (TPSA) is 80.3 Å². The minimum absolute atomic E-state index is 0.221. The molecule has 0 spiro atoms. The second kappa shape index (κ2) is 11.3. The maximum atomic E-state index is 13.2. The molecule has 0 fully saturated rings. The molecule has 1 aromatic heterocycles.